The molecule has 0 spiro atoms. The lowest BCUT2D eigenvalue weighted by Crippen LogP contribution is -2.48. The molecular formula is C16H24N2O2S. The van der Waals surface area contributed by atoms with E-state index in [1.165, 1.54) is 17.3 Å². The van der Waals surface area contributed by atoms with Crippen molar-refractivity contribution in [2.45, 2.75) is 52.0 Å². The summed E-state index contributed by atoms with van der Waals surface area (Å²) >= 11 is 1.46. The van der Waals surface area contributed by atoms with E-state index >= 15 is 0 Å². The maximum absolute atomic E-state index is 11.8. The van der Waals surface area contributed by atoms with Gasteiger partial charge in [0.2, 0.25) is 5.91 Å². The Hall–Kier alpha value is -1.49. The fourth-order valence-corrected chi connectivity index (χ4v) is 2.99. The van der Waals surface area contributed by atoms with Gasteiger partial charge in [0, 0.05) is 10.4 Å². The van der Waals surface area contributed by atoms with E-state index < -0.39 is 6.03 Å². The van der Waals surface area contributed by atoms with Crippen molar-refractivity contribution >= 4 is 23.7 Å². The van der Waals surface area contributed by atoms with Gasteiger partial charge in [0.15, 0.2) is 0 Å². The van der Waals surface area contributed by atoms with Gasteiger partial charge in [0.1, 0.15) is 0 Å². The summed E-state index contributed by atoms with van der Waals surface area (Å²) in [5.41, 5.74) is 3.17. The number of imide groups is 1. The summed E-state index contributed by atoms with van der Waals surface area (Å²) in [6.45, 7) is 11.7. The van der Waals surface area contributed by atoms with Crippen LogP contribution in [-0.2, 0) is 4.79 Å². The number of aryl methyl sites for hydroxylation is 3. The molecule has 0 aliphatic carbocycles. The van der Waals surface area contributed by atoms with E-state index in [0.29, 0.717) is 0 Å². The molecular weight excluding hydrogens is 284 g/mol. The molecule has 0 bridgehead atoms. The predicted octanol–water partition coefficient (Wildman–Crippen LogP) is 3.33. The van der Waals surface area contributed by atoms with Gasteiger partial charge in [-0.3, -0.25) is 10.1 Å². The van der Waals surface area contributed by atoms with Gasteiger partial charge in [-0.25, -0.2) is 4.79 Å². The highest BCUT2D eigenvalue weighted by atomic mass is 32.2. The topological polar surface area (TPSA) is 58.2 Å². The Morgan fingerprint density at radius 3 is 2.10 bits per heavy atom. The van der Waals surface area contributed by atoms with Crippen LogP contribution in [0, 0.1) is 20.8 Å². The molecule has 0 radical (unpaired) electrons. The van der Waals surface area contributed by atoms with E-state index in [4.69, 9.17) is 0 Å². The van der Waals surface area contributed by atoms with Crippen molar-refractivity contribution in [3.63, 3.8) is 0 Å². The van der Waals surface area contributed by atoms with E-state index in [1.54, 1.807) is 0 Å². The number of thioether (sulfide) groups is 1. The Bertz CT molecular complexity index is 525. The minimum Gasteiger partial charge on any atom is -0.333 e. The number of carbonyl (C=O) groups is 2. The first kappa shape index (κ1) is 17.6. The van der Waals surface area contributed by atoms with E-state index in [2.05, 4.69) is 29.7 Å². The summed E-state index contributed by atoms with van der Waals surface area (Å²) in [6.07, 6.45) is 0. The molecule has 4 nitrogen and oxygen atoms in total. The van der Waals surface area contributed by atoms with Crippen molar-refractivity contribution in [1.82, 2.24) is 10.6 Å². The first-order chi connectivity index (χ1) is 9.58. The maximum Gasteiger partial charge on any atom is 0.321 e. The van der Waals surface area contributed by atoms with Gasteiger partial charge in [-0.1, -0.05) is 17.7 Å². The van der Waals surface area contributed by atoms with E-state index in [0.717, 1.165) is 16.0 Å². The Balaban J connectivity index is 2.56. The number of hydrogen-bond donors (Lipinski definition) is 2. The summed E-state index contributed by atoms with van der Waals surface area (Å²) < 4.78 is 0. The molecule has 0 fully saturated rings. The SMILES string of the molecule is Cc1cc(C)c(SCC(=O)NC(=O)NC(C)(C)C)c(C)c1. The van der Waals surface area contributed by atoms with Crippen LogP contribution in [0.5, 0.6) is 0 Å². The Morgan fingerprint density at radius 1 is 1.10 bits per heavy atom. The third kappa shape index (κ3) is 6.21. The summed E-state index contributed by atoms with van der Waals surface area (Å²) in [4.78, 5) is 24.5. The van der Waals surface area contributed by atoms with Crippen LogP contribution >= 0.6 is 11.8 Å². The van der Waals surface area contributed by atoms with Crippen LogP contribution in [0.3, 0.4) is 0 Å². The number of amides is 3. The lowest BCUT2D eigenvalue weighted by atomic mass is 10.1. The molecule has 0 saturated heterocycles. The van der Waals surface area contributed by atoms with Crippen LogP contribution in [0.2, 0.25) is 0 Å². The summed E-state index contributed by atoms with van der Waals surface area (Å²) in [5, 5.41) is 5.05. The molecule has 21 heavy (non-hydrogen) atoms. The molecule has 1 aromatic carbocycles. The van der Waals surface area contributed by atoms with Gasteiger partial charge in [0.25, 0.3) is 0 Å². The normalized spacial score (nSPS) is 11.1. The number of hydrogen-bond acceptors (Lipinski definition) is 3. The number of rotatable bonds is 3. The highest BCUT2D eigenvalue weighted by Crippen LogP contribution is 2.27. The van der Waals surface area contributed by atoms with E-state index in [-0.39, 0.29) is 17.2 Å². The first-order valence-corrected chi connectivity index (χ1v) is 7.89. The first-order valence-electron chi connectivity index (χ1n) is 6.91. The number of benzene rings is 1. The van der Waals surface area contributed by atoms with Crippen molar-refractivity contribution in [2.75, 3.05) is 5.75 Å². The van der Waals surface area contributed by atoms with Crippen molar-refractivity contribution in [1.29, 1.82) is 0 Å². The summed E-state index contributed by atoms with van der Waals surface area (Å²) in [6, 6.07) is 3.74. The zero-order valence-electron chi connectivity index (χ0n) is 13.6. The van der Waals surface area contributed by atoms with Gasteiger partial charge in [-0.15, -0.1) is 11.8 Å². The van der Waals surface area contributed by atoms with Crippen molar-refractivity contribution < 1.29 is 9.59 Å². The Morgan fingerprint density at radius 2 is 1.62 bits per heavy atom. The van der Waals surface area contributed by atoms with Crippen molar-refractivity contribution in [3.8, 4) is 0 Å². The Kier molecular flexibility index (Phi) is 5.84. The van der Waals surface area contributed by atoms with Gasteiger partial charge >= 0.3 is 6.03 Å². The number of nitrogens with one attached hydrogen (secondary N) is 2. The van der Waals surface area contributed by atoms with Crippen molar-refractivity contribution in [3.05, 3.63) is 28.8 Å². The van der Waals surface area contributed by atoms with Gasteiger partial charge in [0.05, 0.1) is 5.75 Å². The van der Waals surface area contributed by atoms with E-state index in [9.17, 15) is 9.59 Å². The van der Waals surface area contributed by atoms with Gasteiger partial charge < -0.3 is 5.32 Å². The summed E-state index contributed by atoms with van der Waals surface area (Å²) in [7, 11) is 0. The lowest BCUT2D eigenvalue weighted by molar-refractivity contribution is -0.117. The molecule has 0 atom stereocenters. The molecule has 0 aliphatic heterocycles. The monoisotopic (exact) mass is 308 g/mol. The quantitative estimate of drug-likeness (QED) is 0.842. The highest BCUT2D eigenvalue weighted by molar-refractivity contribution is 8.00. The van der Waals surface area contributed by atoms with Gasteiger partial charge in [-0.2, -0.15) is 0 Å². The van der Waals surface area contributed by atoms with Crippen LogP contribution in [0.25, 0.3) is 0 Å². The van der Waals surface area contributed by atoms with Crippen LogP contribution in [0.15, 0.2) is 17.0 Å². The second-order valence-corrected chi connectivity index (χ2v) is 7.25. The summed E-state index contributed by atoms with van der Waals surface area (Å²) in [5.74, 6) is -0.0661. The van der Waals surface area contributed by atoms with Crippen LogP contribution in [0.4, 0.5) is 4.79 Å². The smallest absolute Gasteiger partial charge is 0.321 e. The molecule has 5 heteroatoms. The minimum atomic E-state index is -0.453. The molecule has 1 rings (SSSR count). The molecule has 0 unspecified atom stereocenters. The molecule has 1 aromatic rings. The molecule has 116 valence electrons. The third-order valence-corrected chi connectivity index (χ3v) is 4.03. The molecule has 0 aromatic heterocycles. The number of carbonyl (C=O) groups excluding carboxylic acids is 2. The average molecular weight is 308 g/mol. The Labute approximate surface area is 131 Å². The number of urea groups is 1. The molecule has 0 aliphatic rings. The zero-order chi connectivity index (χ0) is 16.2. The predicted molar refractivity (Wildman–Crippen MR) is 87.8 cm³/mol. The second kappa shape index (κ2) is 6.98. The fourth-order valence-electron chi connectivity index (χ4n) is 2.07. The maximum atomic E-state index is 11.8. The van der Waals surface area contributed by atoms with E-state index in [1.807, 2.05) is 34.6 Å². The van der Waals surface area contributed by atoms with Crippen LogP contribution < -0.4 is 10.6 Å². The average Bonchev–Trinajstić information content (AvgIpc) is 2.23. The highest BCUT2D eigenvalue weighted by Gasteiger charge is 2.16. The van der Waals surface area contributed by atoms with Crippen LogP contribution in [0.1, 0.15) is 37.5 Å². The third-order valence-electron chi connectivity index (χ3n) is 2.69. The molecule has 0 heterocycles. The van der Waals surface area contributed by atoms with Crippen molar-refractivity contribution in [2.24, 2.45) is 0 Å². The zero-order valence-corrected chi connectivity index (χ0v) is 14.4. The lowest BCUT2D eigenvalue weighted by Gasteiger charge is -2.20. The molecule has 0 saturated carbocycles. The standard InChI is InChI=1S/C16H24N2O2S/c1-10-7-11(2)14(12(3)8-10)21-9-13(19)17-15(20)18-16(4,5)6/h7-8H,9H2,1-6H3,(H2,17,18,19,20). The second-order valence-electron chi connectivity index (χ2n) is 6.27. The molecule has 2 N–H and O–H groups in total. The fraction of sp³-hybridized carbons (Fsp3) is 0.500. The van der Waals surface area contributed by atoms with Gasteiger partial charge in [-0.05, 0) is 52.7 Å². The largest absolute Gasteiger partial charge is 0.333 e. The molecule has 3 amide bonds. The van der Waals surface area contributed by atoms with Crippen LogP contribution in [-0.4, -0.2) is 23.2 Å². The minimum absolute atomic E-state index is 0.225.